The summed E-state index contributed by atoms with van der Waals surface area (Å²) in [6.07, 6.45) is 3.91. The van der Waals surface area contributed by atoms with Crippen molar-refractivity contribution in [3.8, 4) is 16.9 Å². The van der Waals surface area contributed by atoms with Gasteiger partial charge in [-0.05, 0) is 37.1 Å². The summed E-state index contributed by atoms with van der Waals surface area (Å²) in [5.41, 5.74) is 5.25. The first-order valence-corrected chi connectivity index (χ1v) is 9.78. The summed E-state index contributed by atoms with van der Waals surface area (Å²) in [6.45, 7) is 5.51. The largest absolute Gasteiger partial charge is 0.480 e. The molecule has 0 saturated carbocycles. The Morgan fingerprint density at radius 3 is 2.39 bits per heavy atom. The van der Waals surface area contributed by atoms with E-state index in [4.69, 9.17) is 5.10 Å². The fourth-order valence-corrected chi connectivity index (χ4v) is 3.34. The minimum atomic E-state index is -0.808. The topological polar surface area (TPSA) is 58.4 Å². The normalized spacial score (nSPS) is 11.1. The van der Waals surface area contributed by atoms with Gasteiger partial charge in [-0.25, -0.2) is 4.68 Å². The van der Waals surface area contributed by atoms with E-state index >= 15 is 0 Å². The summed E-state index contributed by atoms with van der Waals surface area (Å²) in [5, 5.41) is 14.1. The molecule has 0 amide bonds. The Morgan fingerprint density at radius 1 is 1.07 bits per heavy atom. The minimum Gasteiger partial charge on any atom is -0.480 e. The Labute approximate surface area is 166 Å². The molecule has 146 valence electrons. The van der Waals surface area contributed by atoms with Crippen molar-refractivity contribution in [3.05, 3.63) is 71.9 Å². The number of nitrogens with zero attached hydrogens (tertiary/aromatic N) is 3. The van der Waals surface area contributed by atoms with E-state index in [-0.39, 0.29) is 6.54 Å². The van der Waals surface area contributed by atoms with Gasteiger partial charge in [0.05, 0.1) is 17.9 Å². The summed E-state index contributed by atoms with van der Waals surface area (Å²) < 4.78 is 1.88. The van der Waals surface area contributed by atoms with Crippen molar-refractivity contribution in [2.45, 2.75) is 33.2 Å². The molecule has 2 aromatic carbocycles. The van der Waals surface area contributed by atoms with E-state index in [1.54, 1.807) is 0 Å². The summed E-state index contributed by atoms with van der Waals surface area (Å²) in [7, 11) is 0. The number of carboxylic acids is 1. The maximum atomic E-state index is 11.3. The van der Waals surface area contributed by atoms with E-state index in [1.165, 1.54) is 5.56 Å². The monoisotopic (exact) mass is 377 g/mol. The molecule has 1 aromatic heterocycles. The summed E-state index contributed by atoms with van der Waals surface area (Å²) in [5.74, 6) is -0.808. The van der Waals surface area contributed by atoms with Gasteiger partial charge in [-0.15, -0.1) is 0 Å². The number of hydrogen-bond donors (Lipinski definition) is 1. The van der Waals surface area contributed by atoms with Crippen LogP contribution in [-0.2, 0) is 17.8 Å². The number of aryl methyl sites for hydroxylation is 1. The highest BCUT2D eigenvalue weighted by atomic mass is 16.4. The van der Waals surface area contributed by atoms with Gasteiger partial charge in [-0.2, -0.15) is 5.10 Å². The van der Waals surface area contributed by atoms with Crippen molar-refractivity contribution in [2.75, 3.05) is 13.1 Å². The molecule has 0 bridgehead atoms. The maximum absolute atomic E-state index is 11.3. The molecule has 0 aliphatic carbocycles. The second-order valence-electron chi connectivity index (χ2n) is 6.94. The van der Waals surface area contributed by atoms with Crippen LogP contribution in [0, 0.1) is 0 Å². The predicted molar refractivity (Wildman–Crippen MR) is 112 cm³/mol. The second-order valence-corrected chi connectivity index (χ2v) is 6.94. The molecule has 3 aromatic rings. The van der Waals surface area contributed by atoms with Crippen LogP contribution in [0.3, 0.4) is 0 Å². The zero-order valence-electron chi connectivity index (χ0n) is 16.5. The van der Waals surface area contributed by atoms with Gasteiger partial charge in [-0.1, -0.05) is 56.3 Å². The molecule has 28 heavy (non-hydrogen) atoms. The van der Waals surface area contributed by atoms with E-state index < -0.39 is 5.97 Å². The van der Waals surface area contributed by atoms with Gasteiger partial charge in [0.1, 0.15) is 0 Å². The molecule has 0 saturated heterocycles. The number of para-hydroxylation sites is 1. The highest BCUT2D eigenvalue weighted by Gasteiger charge is 2.17. The molecule has 1 heterocycles. The van der Waals surface area contributed by atoms with E-state index in [1.807, 2.05) is 46.1 Å². The van der Waals surface area contributed by atoms with Crippen LogP contribution in [-0.4, -0.2) is 38.8 Å². The predicted octanol–water partition coefficient (Wildman–Crippen LogP) is 4.40. The maximum Gasteiger partial charge on any atom is 0.317 e. The molecule has 5 nitrogen and oxygen atoms in total. The molecular formula is C23H27N3O2. The number of carbonyl (C=O) groups is 1. The Balaban J connectivity index is 1.99. The first kappa shape index (κ1) is 19.8. The third-order valence-corrected chi connectivity index (χ3v) is 4.74. The second kappa shape index (κ2) is 9.33. The van der Waals surface area contributed by atoms with Crippen molar-refractivity contribution >= 4 is 5.97 Å². The van der Waals surface area contributed by atoms with Crippen LogP contribution in [0.2, 0.25) is 0 Å². The van der Waals surface area contributed by atoms with Crippen LogP contribution in [0.5, 0.6) is 0 Å². The van der Waals surface area contributed by atoms with Crippen LogP contribution in [0.1, 0.15) is 31.4 Å². The SMILES string of the molecule is CCCN(CC(=O)O)Cc1cn(-c2ccccc2)nc1-c1ccc(CC)cc1. The average molecular weight is 377 g/mol. The smallest absolute Gasteiger partial charge is 0.317 e. The zero-order valence-corrected chi connectivity index (χ0v) is 16.5. The minimum absolute atomic E-state index is 0.0264. The van der Waals surface area contributed by atoms with Crippen molar-refractivity contribution in [1.29, 1.82) is 0 Å². The molecule has 0 spiro atoms. The molecule has 0 fully saturated rings. The van der Waals surface area contributed by atoms with Gasteiger partial charge in [0.15, 0.2) is 0 Å². The van der Waals surface area contributed by atoms with Crippen LogP contribution in [0.15, 0.2) is 60.8 Å². The fraction of sp³-hybridized carbons (Fsp3) is 0.304. The lowest BCUT2D eigenvalue weighted by atomic mass is 10.0. The van der Waals surface area contributed by atoms with E-state index in [2.05, 4.69) is 38.1 Å². The lowest BCUT2D eigenvalue weighted by molar-refractivity contribution is -0.138. The summed E-state index contributed by atoms with van der Waals surface area (Å²) in [6, 6.07) is 18.4. The van der Waals surface area contributed by atoms with Gasteiger partial charge in [0, 0.05) is 23.9 Å². The van der Waals surface area contributed by atoms with Crippen molar-refractivity contribution in [1.82, 2.24) is 14.7 Å². The van der Waals surface area contributed by atoms with Gasteiger partial charge in [0.25, 0.3) is 0 Å². The number of rotatable bonds is 9. The quantitative estimate of drug-likeness (QED) is 0.600. The number of aromatic nitrogens is 2. The van der Waals surface area contributed by atoms with Gasteiger partial charge in [0.2, 0.25) is 0 Å². The number of benzene rings is 2. The van der Waals surface area contributed by atoms with Crippen molar-refractivity contribution in [3.63, 3.8) is 0 Å². The van der Waals surface area contributed by atoms with Crippen LogP contribution in [0.25, 0.3) is 16.9 Å². The molecule has 0 atom stereocenters. The Kier molecular flexibility index (Phi) is 6.61. The Bertz CT molecular complexity index is 901. The first-order valence-electron chi connectivity index (χ1n) is 9.78. The molecule has 5 heteroatoms. The van der Waals surface area contributed by atoms with Gasteiger partial charge < -0.3 is 5.11 Å². The third kappa shape index (κ3) is 4.87. The van der Waals surface area contributed by atoms with Crippen LogP contribution in [0.4, 0.5) is 0 Å². The van der Waals surface area contributed by atoms with E-state index in [0.29, 0.717) is 6.54 Å². The Hall–Kier alpha value is -2.92. The van der Waals surface area contributed by atoms with Crippen molar-refractivity contribution < 1.29 is 9.90 Å². The standard InChI is InChI=1S/C23H27N3O2/c1-3-14-25(17-22(27)28)15-20-16-26(21-8-6-5-7-9-21)24-23(20)19-12-10-18(4-2)11-13-19/h5-13,16H,3-4,14-15,17H2,1-2H3,(H,27,28). The molecule has 1 N–H and O–H groups in total. The number of aliphatic carboxylic acids is 1. The highest BCUT2D eigenvalue weighted by molar-refractivity contribution is 5.69. The number of carboxylic acid groups (broad SMARTS) is 1. The van der Waals surface area contributed by atoms with Crippen molar-refractivity contribution in [2.24, 2.45) is 0 Å². The van der Waals surface area contributed by atoms with Gasteiger partial charge >= 0.3 is 5.97 Å². The lowest BCUT2D eigenvalue weighted by Crippen LogP contribution is -2.30. The molecule has 0 unspecified atom stereocenters. The first-order chi connectivity index (χ1) is 13.6. The highest BCUT2D eigenvalue weighted by Crippen LogP contribution is 2.25. The summed E-state index contributed by atoms with van der Waals surface area (Å²) >= 11 is 0. The average Bonchev–Trinajstić information content (AvgIpc) is 3.12. The molecule has 3 rings (SSSR count). The summed E-state index contributed by atoms with van der Waals surface area (Å²) in [4.78, 5) is 13.2. The third-order valence-electron chi connectivity index (χ3n) is 4.74. The molecule has 0 aliphatic heterocycles. The van der Waals surface area contributed by atoms with E-state index in [0.717, 1.165) is 41.9 Å². The zero-order chi connectivity index (χ0) is 19.9. The van der Waals surface area contributed by atoms with Gasteiger partial charge in [-0.3, -0.25) is 9.69 Å². The molecule has 0 radical (unpaired) electrons. The fourth-order valence-electron chi connectivity index (χ4n) is 3.34. The van der Waals surface area contributed by atoms with Crippen LogP contribution >= 0.6 is 0 Å². The van der Waals surface area contributed by atoms with Crippen LogP contribution < -0.4 is 0 Å². The molecule has 0 aliphatic rings. The van der Waals surface area contributed by atoms with E-state index in [9.17, 15) is 9.90 Å². The lowest BCUT2D eigenvalue weighted by Gasteiger charge is -2.19. The Morgan fingerprint density at radius 2 is 1.79 bits per heavy atom. The molecular weight excluding hydrogens is 350 g/mol. The number of hydrogen-bond acceptors (Lipinski definition) is 3.